The number of carbonyl (C=O) groups excluding carboxylic acids is 1. The van der Waals surface area contributed by atoms with Crippen LogP contribution in [0.15, 0.2) is 57.5 Å². The Morgan fingerprint density at radius 2 is 2.00 bits per heavy atom. The highest BCUT2D eigenvalue weighted by Gasteiger charge is 2.33. The lowest BCUT2D eigenvalue weighted by Crippen LogP contribution is -2.39. The molecule has 0 bridgehead atoms. The number of benzene rings is 2. The molecule has 0 spiro atoms. The molecular weight excluding hydrogens is 609 g/mol. The number of esters is 1. The fourth-order valence-corrected chi connectivity index (χ4v) is 5.83. The molecule has 0 amide bonds. The topological polar surface area (TPSA) is 124 Å². The summed E-state index contributed by atoms with van der Waals surface area (Å²) < 4.78 is 7.36. The molecule has 11 heteroatoms. The first-order valence-corrected chi connectivity index (χ1v) is 13.4. The van der Waals surface area contributed by atoms with Gasteiger partial charge in [0, 0.05) is 6.07 Å². The van der Waals surface area contributed by atoms with Crippen LogP contribution in [-0.4, -0.2) is 27.2 Å². The number of phenolic OH excluding ortho intramolecular Hbond substituents is 1. The molecule has 37 heavy (non-hydrogen) atoms. The van der Waals surface area contributed by atoms with Crippen LogP contribution in [0, 0.1) is 13.7 Å². The van der Waals surface area contributed by atoms with Crippen LogP contribution in [0.25, 0.3) is 6.08 Å². The fraction of sp³-hybridized carbons (Fsp3) is 0.269. The highest BCUT2D eigenvalue weighted by atomic mass is 127. The van der Waals surface area contributed by atoms with Crippen molar-refractivity contribution in [2.45, 2.75) is 39.7 Å². The summed E-state index contributed by atoms with van der Waals surface area (Å²) in [6.07, 6.45) is 1.53. The van der Waals surface area contributed by atoms with Gasteiger partial charge < -0.3 is 9.84 Å². The number of hydrogen-bond donors (Lipinski definition) is 1. The highest BCUT2D eigenvalue weighted by molar-refractivity contribution is 14.1. The molecule has 2 heterocycles. The zero-order valence-electron chi connectivity index (χ0n) is 20.5. The van der Waals surface area contributed by atoms with Crippen molar-refractivity contribution in [2.24, 2.45) is 4.99 Å². The van der Waals surface area contributed by atoms with Crippen molar-refractivity contribution in [3.63, 3.8) is 0 Å². The minimum atomic E-state index is -0.743. The lowest BCUT2D eigenvalue weighted by molar-refractivity contribution is -0.386. The van der Waals surface area contributed by atoms with Crippen LogP contribution in [0.1, 0.15) is 56.3 Å². The number of phenols is 1. The third-order valence-corrected chi connectivity index (χ3v) is 7.80. The molecule has 0 radical (unpaired) electrons. The number of halogens is 1. The van der Waals surface area contributed by atoms with Crippen LogP contribution in [0.2, 0.25) is 0 Å². The van der Waals surface area contributed by atoms with E-state index in [0.29, 0.717) is 22.0 Å². The predicted molar refractivity (Wildman–Crippen MR) is 148 cm³/mol. The van der Waals surface area contributed by atoms with E-state index >= 15 is 0 Å². The van der Waals surface area contributed by atoms with Crippen LogP contribution in [-0.2, 0) is 9.53 Å². The standard InChI is InChI=1S/C26H24IN3O6S/c1-5-36-25(33)21-14(4)28-26-29(22(21)17-8-6-16(7-9-17)13(2)3)24(32)20(37-26)12-15-10-18(27)23(31)19(11-15)30(34)35/h6-13,22,31H,5H2,1-4H3/b20-12-/t22-/m0/s1. The summed E-state index contributed by atoms with van der Waals surface area (Å²) in [7, 11) is 0. The first-order chi connectivity index (χ1) is 17.5. The average Bonchev–Trinajstić information content (AvgIpc) is 3.14. The minimum absolute atomic E-state index is 0.178. The van der Waals surface area contributed by atoms with E-state index < -0.39 is 28.4 Å². The van der Waals surface area contributed by atoms with Gasteiger partial charge in [0.2, 0.25) is 5.75 Å². The number of nitro benzene ring substituents is 1. The van der Waals surface area contributed by atoms with Crippen molar-refractivity contribution in [1.82, 2.24) is 4.57 Å². The van der Waals surface area contributed by atoms with Gasteiger partial charge in [0.05, 0.1) is 36.9 Å². The monoisotopic (exact) mass is 633 g/mol. The zero-order valence-corrected chi connectivity index (χ0v) is 23.5. The molecule has 0 fully saturated rings. The smallest absolute Gasteiger partial charge is 0.338 e. The lowest BCUT2D eigenvalue weighted by Gasteiger charge is -2.25. The van der Waals surface area contributed by atoms with Crippen LogP contribution >= 0.6 is 33.9 Å². The van der Waals surface area contributed by atoms with Crippen LogP contribution in [0.4, 0.5) is 5.69 Å². The van der Waals surface area contributed by atoms with Crippen molar-refractivity contribution < 1.29 is 19.6 Å². The summed E-state index contributed by atoms with van der Waals surface area (Å²) in [5.41, 5.74) is 2.16. The van der Waals surface area contributed by atoms with Crippen molar-refractivity contribution >= 4 is 51.7 Å². The van der Waals surface area contributed by atoms with Crippen molar-refractivity contribution in [3.8, 4) is 5.75 Å². The molecule has 4 rings (SSSR count). The Hall–Kier alpha value is -3.32. The number of fused-ring (bicyclic) bond motifs is 1. The Balaban J connectivity index is 1.95. The highest BCUT2D eigenvalue weighted by Crippen LogP contribution is 2.33. The number of rotatable bonds is 6. The zero-order chi connectivity index (χ0) is 27.0. The molecule has 2 aromatic carbocycles. The van der Waals surface area contributed by atoms with Crippen molar-refractivity contribution in [3.05, 3.63) is 97.7 Å². The third kappa shape index (κ3) is 5.10. The fourth-order valence-electron chi connectivity index (χ4n) is 4.15. The van der Waals surface area contributed by atoms with Gasteiger partial charge in [-0.15, -0.1) is 0 Å². The van der Waals surface area contributed by atoms with Gasteiger partial charge in [0.25, 0.3) is 5.56 Å². The average molecular weight is 633 g/mol. The first-order valence-electron chi connectivity index (χ1n) is 11.5. The number of nitrogens with zero attached hydrogens (tertiary/aromatic N) is 3. The summed E-state index contributed by atoms with van der Waals surface area (Å²) in [4.78, 5) is 42.3. The maximum atomic E-state index is 13.7. The van der Waals surface area contributed by atoms with E-state index in [1.54, 1.807) is 42.5 Å². The number of carbonyl (C=O) groups is 1. The molecule has 1 aliphatic heterocycles. The summed E-state index contributed by atoms with van der Waals surface area (Å²) in [5, 5.41) is 21.4. The van der Waals surface area contributed by atoms with Crippen molar-refractivity contribution in [1.29, 1.82) is 0 Å². The van der Waals surface area contributed by atoms with Crippen molar-refractivity contribution in [2.75, 3.05) is 6.61 Å². The lowest BCUT2D eigenvalue weighted by atomic mass is 9.93. The first kappa shape index (κ1) is 26.7. The van der Waals surface area contributed by atoms with E-state index in [2.05, 4.69) is 18.8 Å². The SMILES string of the molecule is CCOC(=O)C1=C(C)N=c2s/c(=C\c3cc(I)c(O)c([N+](=O)[O-])c3)c(=O)n2[C@H]1c1ccc(C(C)C)cc1. The van der Waals surface area contributed by atoms with E-state index in [4.69, 9.17) is 4.74 Å². The van der Waals surface area contributed by atoms with Crippen LogP contribution < -0.4 is 14.9 Å². The third-order valence-electron chi connectivity index (χ3n) is 6.00. The number of thiazole rings is 1. The molecule has 0 saturated carbocycles. The van der Waals surface area contributed by atoms with E-state index in [0.717, 1.165) is 22.5 Å². The Morgan fingerprint density at radius 3 is 2.59 bits per heavy atom. The predicted octanol–water partition coefficient (Wildman–Crippen LogP) is 4.14. The number of allylic oxidation sites excluding steroid dienone is 1. The van der Waals surface area contributed by atoms with Gasteiger partial charge in [-0.25, -0.2) is 9.79 Å². The molecule has 0 saturated heterocycles. The molecule has 1 N–H and O–H groups in total. The normalized spacial score (nSPS) is 15.5. The summed E-state index contributed by atoms with van der Waals surface area (Å²) >= 11 is 2.93. The van der Waals surface area contributed by atoms with Gasteiger partial charge in [0.1, 0.15) is 0 Å². The van der Waals surface area contributed by atoms with Gasteiger partial charge in [0.15, 0.2) is 4.80 Å². The maximum Gasteiger partial charge on any atom is 0.338 e. The summed E-state index contributed by atoms with van der Waals surface area (Å²) in [6, 6.07) is 9.79. The maximum absolute atomic E-state index is 13.7. The van der Waals surface area contributed by atoms with E-state index in [1.165, 1.54) is 16.7 Å². The molecule has 0 aliphatic carbocycles. The second kappa shape index (κ2) is 10.6. The Bertz CT molecular complexity index is 1620. The molecular formula is C26H24IN3O6S. The number of ether oxygens (including phenoxy) is 1. The molecule has 0 unspecified atom stereocenters. The second-order valence-corrected chi connectivity index (χ2v) is 10.9. The number of aromatic hydroxyl groups is 1. The molecule has 9 nitrogen and oxygen atoms in total. The number of hydrogen-bond acceptors (Lipinski definition) is 8. The van der Waals surface area contributed by atoms with Crippen LogP contribution in [0.5, 0.6) is 5.75 Å². The van der Waals surface area contributed by atoms with E-state index in [-0.39, 0.29) is 25.8 Å². The largest absolute Gasteiger partial charge is 0.501 e. The Morgan fingerprint density at radius 1 is 1.32 bits per heavy atom. The second-order valence-electron chi connectivity index (χ2n) is 8.75. The quantitative estimate of drug-likeness (QED) is 0.189. The summed E-state index contributed by atoms with van der Waals surface area (Å²) in [6.45, 7) is 7.78. The van der Waals surface area contributed by atoms with Gasteiger partial charge in [-0.1, -0.05) is 49.4 Å². The van der Waals surface area contributed by atoms with E-state index in [1.807, 2.05) is 24.3 Å². The Labute approximate surface area is 229 Å². The molecule has 3 aromatic rings. The van der Waals surface area contributed by atoms with Gasteiger partial charge >= 0.3 is 11.7 Å². The van der Waals surface area contributed by atoms with Gasteiger partial charge in [-0.2, -0.15) is 0 Å². The Kier molecular flexibility index (Phi) is 7.64. The minimum Gasteiger partial charge on any atom is -0.501 e. The summed E-state index contributed by atoms with van der Waals surface area (Å²) in [5.74, 6) is -0.654. The molecule has 1 aromatic heterocycles. The van der Waals surface area contributed by atoms with Gasteiger partial charge in [-0.05, 0) is 71.2 Å². The van der Waals surface area contributed by atoms with Gasteiger partial charge in [-0.3, -0.25) is 19.5 Å². The van der Waals surface area contributed by atoms with Crippen LogP contribution in [0.3, 0.4) is 0 Å². The van der Waals surface area contributed by atoms with E-state index in [9.17, 15) is 24.8 Å². The molecule has 1 aliphatic rings. The molecule has 1 atom stereocenters. The number of aromatic nitrogens is 1. The molecule has 192 valence electrons. The number of nitro groups is 1.